The Hall–Kier alpha value is -0.780. The van der Waals surface area contributed by atoms with Crippen LogP contribution in [0.2, 0.25) is 10.0 Å². The molecular formula is C13H15Cl2F2NO2. The van der Waals surface area contributed by atoms with Gasteiger partial charge in [-0.3, -0.25) is 0 Å². The first-order valence-electron chi connectivity index (χ1n) is 6.25. The lowest BCUT2D eigenvalue weighted by Gasteiger charge is -2.21. The Labute approximate surface area is 126 Å². The average Bonchev–Trinajstić information content (AvgIpc) is 2.87. The molecule has 0 aromatic heterocycles. The van der Waals surface area contributed by atoms with Crippen LogP contribution >= 0.6 is 23.2 Å². The summed E-state index contributed by atoms with van der Waals surface area (Å²) in [7, 11) is 0. The highest BCUT2D eigenvalue weighted by atomic mass is 35.5. The van der Waals surface area contributed by atoms with E-state index in [1.165, 1.54) is 12.1 Å². The van der Waals surface area contributed by atoms with Gasteiger partial charge in [0.2, 0.25) is 0 Å². The highest BCUT2D eigenvalue weighted by Gasteiger charge is 2.23. The second-order valence-electron chi connectivity index (χ2n) is 4.70. The largest absolute Gasteiger partial charge is 0.432 e. The number of halogens is 4. The van der Waals surface area contributed by atoms with Crippen LogP contribution in [0.4, 0.5) is 14.5 Å². The van der Waals surface area contributed by atoms with Crippen molar-refractivity contribution in [2.24, 2.45) is 5.92 Å². The van der Waals surface area contributed by atoms with Crippen LogP contribution in [0, 0.1) is 5.92 Å². The Balaban J connectivity index is 2.09. The highest BCUT2D eigenvalue weighted by molar-refractivity contribution is 6.37. The van der Waals surface area contributed by atoms with E-state index in [-0.39, 0.29) is 21.8 Å². The van der Waals surface area contributed by atoms with Gasteiger partial charge in [-0.15, -0.1) is 0 Å². The second kappa shape index (κ2) is 6.78. The number of hydrogen-bond donors (Lipinski definition) is 1. The summed E-state index contributed by atoms with van der Waals surface area (Å²) in [4.78, 5) is 0. The zero-order chi connectivity index (χ0) is 14.7. The molecule has 1 saturated heterocycles. The quantitative estimate of drug-likeness (QED) is 0.868. The van der Waals surface area contributed by atoms with Crippen molar-refractivity contribution in [2.75, 3.05) is 18.5 Å². The van der Waals surface area contributed by atoms with Gasteiger partial charge in [0.15, 0.2) is 5.75 Å². The molecule has 20 heavy (non-hydrogen) atoms. The Kier molecular flexibility index (Phi) is 5.29. The molecule has 0 aliphatic carbocycles. The first-order chi connectivity index (χ1) is 9.47. The third-order valence-electron chi connectivity index (χ3n) is 3.27. The number of hydrogen-bond acceptors (Lipinski definition) is 3. The van der Waals surface area contributed by atoms with Crippen molar-refractivity contribution in [2.45, 2.75) is 26.0 Å². The van der Waals surface area contributed by atoms with E-state index in [0.717, 1.165) is 13.0 Å². The van der Waals surface area contributed by atoms with E-state index in [1.54, 1.807) is 0 Å². The lowest BCUT2D eigenvalue weighted by atomic mass is 10.0. The van der Waals surface area contributed by atoms with E-state index in [2.05, 4.69) is 10.1 Å². The summed E-state index contributed by atoms with van der Waals surface area (Å²) >= 11 is 11.8. The van der Waals surface area contributed by atoms with Gasteiger partial charge in [-0.25, -0.2) is 0 Å². The van der Waals surface area contributed by atoms with E-state index < -0.39 is 6.61 Å². The lowest BCUT2D eigenvalue weighted by molar-refractivity contribution is -0.0497. The number of alkyl halides is 2. The van der Waals surface area contributed by atoms with Crippen LogP contribution in [0.15, 0.2) is 12.1 Å². The molecule has 1 aromatic rings. The van der Waals surface area contributed by atoms with Gasteiger partial charge in [0.1, 0.15) is 0 Å². The molecule has 1 aliphatic rings. The van der Waals surface area contributed by atoms with Gasteiger partial charge in [-0.2, -0.15) is 8.78 Å². The molecule has 1 N–H and O–H groups in total. The summed E-state index contributed by atoms with van der Waals surface area (Å²) < 4.78 is 34.1. The third-order valence-corrected chi connectivity index (χ3v) is 3.83. The van der Waals surface area contributed by atoms with Gasteiger partial charge in [-0.1, -0.05) is 23.2 Å². The molecule has 3 nitrogen and oxygen atoms in total. The van der Waals surface area contributed by atoms with Crippen molar-refractivity contribution in [1.82, 2.24) is 0 Å². The normalized spacial score (nSPS) is 20.2. The number of anilines is 1. The van der Waals surface area contributed by atoms with Gasteiger partial charge in [0.25, 0.3) is 0 Å². The molecule has 2 unspecified atom stereocenters. The Bertz CT molecular complexity index is 445. The second-order valence-corrected chi connectivity index (χ2v) is 5.52. The fraction of sp³-hybridized carbons (Fsp3) is 0.538. The van der Waals surface area contributed by atoms with Crippen molar-refractivity contribution >= 4 is 28.9 Å². The molecule has 2 atom stereocenters. The molecule has 1 aliphatic heterocycles. The molecule has 1 aromatic carbocycles. The first-order valence-corrected chi connectivity index (χ1v) is 7.01. The maximum absolute atomic E-state index is 12.2. The molecule has 1 heterocycles. The fourth-order valence-corrected chi connectivity index (χ4v) is 2.75. The maximum Gasteiger partial charge on any atom is 0.387 e. The predicted molar refractivity (Wildman–Crippen MR) is 75.1 cm³/mol. The lowest BCUT2D eigenvalue weighted by Crippen LogP contribution is -2.26. The number of rotatable bonds is 5. The Morgan fingerprint density at radius 3 is 2.50 bits per heavy atom. The fourth-order valence-electron chi connectivity index (χ4n) is 2.17. The highest BCUT2D eigenvalue weighted by Crippen LogP contribution is 2.37. The molecule has 0 saturated carbocycles. The van der Waals surface area contributed by atoms with Gasteiger partial charge in [0.05, 0.1) is 16.7 Å². The topological polar surface area (TPSA) is 30.5 Å². The molecular weight excluding hydrogens is 311 g/mol. The van der Waals surface area contributed by atoms with Crippen LogP contribution in [-0.4, -0.2) is 25.9 Å². The molecule has 1 fully saturated rings. The van der Waals surface area contributed by atoms with Crippen LogP contribution in [0.25, 0.3) is 0 Å². The van der Waals surface area contributed by atoms with Crippen molar-refractivity contribution in [1.29, 1.82) is 0 Å². The number of nitrogens with one attached hydrogen (secondary N) is 1. The molecule has 0 amide bonds. The Morgan fingerprint density at radius 1 is 1.35 bits per heavy atom. The minimum atomic E-state index is -2.96. The van der Waals surface area contributed by atoms with Crippen molar-refractivity contribution < 1.29 is 18.3 Å². The van der Waals surface area contributed by atoms with Gasteiger partial charge in [-0.05, 0) is 25.5 Å². The van der Waals surface area contributed by atoms with Gasteiger partial charge in [0, 0.05) is 24.3 Å². The standard InChI is InChI=1S/C13H15Cl2F2NO2/c1-7(8-2-3-19-6-8)18-9-4-10(14)12(11(15)5-9)20-13(16)17/h4-5,7-8,13,18H,2-3,6H2,1H3. The van der Waals surface area contributed by atoms with Crippen molar-refractivity contribution in [3.8, 4) is 5.75 Å². The molecule has 0 bridgehead atoms. The summed E-state index contributed by atoms with van der Waals surface area (Å²) in [6.45, 7) is 0.546. The zero-order valence-electron chi connectivity index (χ0n) is 10.8. The molecule has 0 radical (unpaired) electrons. The van der Waals surface area contributed by atoms with Crippen LogP contribution in [0.5, 0.6) is 5.75 Å². The van der Waals surface area contributed by atoms with Crippen LogP contribution in [0.1, 0.15) is 13.3 Å². The smallest absolute Gasteiger partial charge is 0.387 e. The number of ether oxygens (including phenoxy) is 2. The maximum atomic E-state index is 12.2. The van der Waals surface area contributed by atoms with Crippen molar-refractivity contribution in [3.05, 3.63) is 22.2 Å². The summed E-state index contributed by atoms with van der Waals surface area (Å²) in [5, 5.41) is 3.36. The van der Waals surface area contributed by atoms with Gasteiger partial charge < -0.3 is 14.8 Å². The summed E-state index contributed by atoms with van der Waals surface area (Å²) in [5.74, 6) is 0.204. The van der Waals surface area contributed by atoms with E-state index >= 15 is 0 Å². The van der Waals surface area contributed by atoms with Crippen LogP contribution in [0.3, 0.4) is 0 Å². The van der Waals surface area contributed by atoms with E-state index in [4.69, 9.17) is 27.9 Å². The first kappa shape index (κ1) is 15.6. The van der Waals surface area contributed by atoms with Crippen molar-refractivity contribution in [3.63, 3.8) is 0 Å². The molecule has 0 spiro atoms. The monoisotopic (exact) mass is 325 g/mol. The SMILES string of the molecule is CC(Nc1cc(Cl)c(OC(F)F)c(Cl)c1)C1CCOC1. The predicted octanol–water partition coefficient (Wildman–Crippen LogP) is 4.43. The zero-order valence-corrected chi connectivity index (χ0v) is 12.3. The van der Waals surface area contributed by atoms with Crippen LogP contribution in [-0.2, 0) is 4.74 Å². The molecule has 2 rings (SSSR count). The van der Waals surface area contributed by atoms with Gasteiger partial charge >= 0.3 is 6.61 Å². The van der Waals surface area contributed by atoms with E-state index in [9.17, 15) is 8.78 Å². The summed E-state index contributed by atoms with van der Waals surface area (Å²) in [6, 6.07) is 3.22. The minimum absolute atomic E-state index is 0.0511. The molecule has 7 heteroatoms. The average molecular weight is 326 g/mol. The van der Waals surface area contributed by atoms with E-state index in [1.807, 2.05) is 6.92 Å². The summed E-state index contributed by atoms with van der Waals surface area (Å²) in [5.41, 5.74) is 0.668. The van der Waals surface area contributed by atoms with E-state index in [0.29, 0.717) is 18.2 Å². The summed E-state index contributed by atoms with van der Waals surface area (Å²) in [6.07, 6.45) is 0.988. The molecule has 112 valence electrons. The Morgan fingerprint density at radius 2 is 2.00 bits per heavy atom. The minimum Gasteiger partial charge on any atom is -0.432 e. The number of benzene rings is 1. The van der Waals surface area contributed by atoms with Crippen LogP contribution < -0.4 is 10.1 Å². The third kappa shape index (κ3) is 3.87.